The maximum atomic E-state index is 13.8. The lowest BCUT2D eigenvalue weighted by Crippen LogP contribution is -2.48. The van der Waals surface area contributed by atoms with Crippen molar-refractivity contribution in [3.05, 3.63) is 76.9 Å². The van der Waals surface area contributed by atoms with Crippen LogP contribution in [0.2, 0.25) is 5.15 Å². The number of piperidine rings is 1. The van der Waals surface area contributed by atoms with Gasteiger partial charge in [-0.05, 0) is 48.7 Å². The van der Waals surface area contributed by atoms with Gasteiger partial charge in [0.15, 0.2) is 11.0 Å². The highest BCUT2D eigenvalue weighted by Crippen LogP contribution is 2.48. The number of anilines is 2. The fourth-order valence-corrected chi connectivity index (χ4v) is 4.86. The van der Waals surface area contributed by atoms with Gasteiger partial charge in [0.2, 0.25) is 5.91 Å². The van der Waals surface area contributed by atoms with Crippen molar-refractivity contribution >= 4 is 29.0 Å². The Morgan fingerprint density at radius 1 is 1.03 bits per heavy atom. The molecule has 0 bridgehead atoms. The first kappa shape index (κ1) is 19.8. The van der Waals surface area contributed by atoms with Crippen molar-refractivity contribution in [2.45, 2.75) is 24.8 Å². The van der Waals surface area contributed by atoms with E-state index in [9.17, 15) is 4.79 Å². The quantitative estimate of drug-likeness (QED) is 0.615. The molecule has 0 unspecified atom stereocenters. The summed E-state index contributed by atoms with van der Waals surface area (Å²) < 4.78 is 5.24. The molecule has 3 heterocycles. The molecule has 2 aromatic carbocycles. The molecule has 1 spiro atoms. The zero-order chi connectivity index (χ0) is 21.4. The van der Waals surface area contributed by atoms with Crippen molar-refractivity contribution in [1.29, 1.82) is 0 Å². The predicted molar refractivity (Wildman–Crippen MR) is 121 cm³/mol. The molecule has 2 aliphatic rings. The summed E-state index contributed by atoms with van der Waals surface area (Å²) in [4.78, 5) is 17.9. The first-order valence-electron chi connectivity index (χ1n) is 10.4. The van der Waals surface area contributed by atoms with Gasteiger partial charge >= 0.3 is 0 Å². The summed E-state index contributed by atoms with van der Waals surface area (Å²) in [7, 11) is 1.64. The van der Waals surface area contributed by atoms with Crippen molar-refractivity contribution in [3.63, 3.8) is 0 Å². The fourth-order valence-electron chi connectivity index (χ4n) is 4.71. The van der Waals surface area contributed by atoms with Crippen molar-refractivity contribution in [2.75, 3.05) is 30.0 Å². The highest BCUT2D eigenvalue weighted by atomic mass is 35.5. The standard InChI is InChI=1S/C24H23ClN4O2/c1-31-19-9-7-17(8-10-19)16-29-22-20(15-21(25)26-27-22)24(23(29)30)11-13-28(14-12-24)18-5-3-2-4-6-18/h2-10,15H,11-14,16H2,1H3. The molecule has 0 aliphatic carbocycles. The molecule has 31 heavy (non-hydrogen) atoms. The molecule has 0 N–H and O–H groups in total. The molecule has 1 amide bonds. The Bertz CT molecular complexity index is 1100. The minimum atomic E-state index is -0.604. The summed E-state index contributed by atoms with van der Waals surface area (Å²) in [5.41, 5.74) is 2.49. The second-order valence-corrected chi connectivity index (χ2v) is 8.44. The van der Waals surface area contributed by atoms with Crippen molar-refractivity contribution in [3.8, 4) is 5.75 Å². The van der Waals surface area contributed by atoms with Gasteiger partial charge in [0, 0.05) is 24.3 Å². The maximum Gasteiger partial charge on any atom is 0.239 e. The Labute approximate surface area is 186 Å². The predicted octanol–water partition coefficient (Wildman–Crippen LogP) is 4.22. The van der Waals surface area contributed by atoms with E-state index in [4.69, 9.17) is 16.3 Å². The van der Waals surface area contributed by atoms with E-state index in [0.717, 1.165) is 42.8 Å². The Morgan fingerprint density at radius 2 is 1.74 bits per heavy atom. The third-order valence-corrected chi connectivity index (χ3v) is 6.59. The van der Waals surface area contributed by atoms with Crippen LogP contribution in [0.3, 0.4) is 0 Å². The number of carbonyl (C=O) groups excluding carboxylic acids is 1. The molecule has 6 nitrogen and oxygen atoms in total. The summed E-state index contributed by atoms with van der Waals surface area (Å²) >= 11 is 6.21. The topological polar surface area (TPSA) is 58.6 Å². The number of halogens is 1. The molecule has 1 saturated heterocycles. The molecular formula is C24H23ClN4O2. The SMILES string of the molecule is COc1ccc(CN2C(=O)C3(CCN(c4ccccc4)CC3)c3cc(Cl)nnc32)cc1. The van der Waals surface area contributed by atoms with E-state index in [1.165, 1.54) is 5.69 Å². The number of amides is 1. The number of rotatable bonds is 4. The van der Waals surface area contributed by atoms with Gasteiger partial charge in [0.05, 0.1) is 19.1 Å². The van der Waals surface area contributed by atoms with Crippen LogP contribution in [0.25, 0.3) is 0 Å². The maximum absolute atomic E-state index is 13.8. The van der Waals surface area contributed by atoms with E-state index in [1.807, 2.05) is 48.5 Å². The number of methoxy groups -OCH3 is 1. The molecule has 1 fully saturated rings. The van der Waals surface area contributed by atoms with E-state index in [0.29, 0.717) is 17.5 Å². The largest absolute Gasteiger partial charge is 0.497 e. The van der Waals surface area contributed by atoms with E-state index in [1.54, 1.807) is 12.0 Å². The lowest BCUT2D eigenvalue weighted by molar-refractivity contribution is -0.124. The number of para-hydroxylation sites is 1. The van der Waals surface area contributed by atoms with Crippen LogP contribution in [0.15, 0.2) is 60.7 Å². The number of carbonyl (C=O) groups is 1. The molecule has 7 heteroatoms. The highest BCUT2D eigenvalue weighted by molar-refractivity contribution is 6.29. The summed E-state index contributed by atoms with van der Waals surface area (Å²) in [5, 5.41) is 8.69. The number of ether oxygens (including phenoxy) is 1. The van der Waals surface area contributed by atoms with Gasteiger partial charge in [0.25, 0.3) is 0 Å². The van der Waals surface area contributed by atoms with Crippen molar-refractivity contribution in [2.24, 2.45) is 0 Å². The minimum Gasteiger partial charge on any atom is -0.497 e. The van der Waals surface area contributed by atoms with E-state index >= 15 is 0 Å². The first-order chi connectivity index (χ1) is 15.1. The average Bonchev–Trinajstić information content (AvgIpc) is 3.03. The molecular weight excluding hydrogens is 412 g/mol. The summed E-state index contributed by atoms with van der Waals surface area (Å²) in [6.45, 7) is 2.04. The Hall–Kier alpha value is -3.12. The van der Waals surface area contributed by atoms with Gasteiger partial charge in [-0.3, -0.25) is 9.69 Å². The summed E-state index contributed by atoms with van der Waals surface area (Å²) in [6, 6.07) is 19.9. The minimum absolute atomic E-state index is 0.0857. The number of hydrogen-bond acceptors (Lipinski definition) is 5. The Morgan fingerprint density at radius 3 is 2.42 bits per heavy atom. The summed E-state index contributed by atoms with van der Waals surface area (Å²) in [6.07, 6.45) is 1.43. The third kappa shape index (κ3) is 3.41. The van der Waals surface area contributed by atoms with Gasteiger partial charge in [-0.25, -0.2) is 0 Å². The molecule has 3 aromatic rings. The van der Waals surface area contributed by atoms with Gasteiger partial charge in [0.1, 0.15) is 5.75 Å². The number of aromatic nitrogens is 2. The Kier molecular flexibility index (Phi) is 5.02. The second kappa shape index (κ2) is 7.85. The number of fused-ring (bicyclic) bond motifs is 2. The van der Waals surface area contributed by atoms with E-state index in [2.05, 4.69) is 27.2 Å². The second-order valence-electron chi connectivity index (χ2n) is 8.05. The zero-order valence-corrected chi connectivity index (χ0v) is 18.0. The van der Waals surface area contributed by atoms with Gasteiger partial charge in [-0.15, -0.1) is 10.2 Å². The number of nitrogens with zero attached hydrogens (tertiary/aromatic N) is 4. The Balaban J connectivity index is 1.45. The molecule has 0 atom stereocenters. The van der Waals surface area contributed by atoms with E-state index in [-0.39, 0.29) is 5.91 Å². The molecule has 2 aliphatic heterocycles. The first-order valence-corrected chi connectivity index (χ1v) is 10.8. The molecule has 158 valence electrons. The third-order valence-electron chi connectivity index (χ3n) is 6.41. The van der Waals surface area contributed by atoms with Crippen LogP contribution in [0.5, 0.6) is 5.75 Å². The van der Waals surface area contributed by atoms with Crippen LogP contribution in [0.4, 0.5) is 11.5 Å². The van der Waals surface area contributed by atoms with Gasteiger partial charge in [-0.1, -0.05) is 41.9 Å². The molecule has 5 rings (SSSR count). The molecule has 0 radical (unpaired) electrons. The van der Waals surface area contributed by atoms with E-state index < -0.39 is 5.41 Å². The number of hydrogen-bond donors (Lipinski definition) is 0. The smallest absolute Gasteiger partial charge is 0.239 e. The summed E-state index contributed by atoms with van der Waals surface area (Å²) in [5.74, 6) is 1.49. The monoisotopic (exact) mass is 434 g/mol. The highest BCUT2D eigenvalue weighted by Gasteiger charge is 2.53. The van der Waals surface area contributed by atoms with Crippen LogP contribution in [-0.2, 0) is 16.8 Å². The van der Waals surface area contributed by atoms with Gasteiger partial charge in [-0.2, -0.15) is 0 Å². The average molecular weight is 435 g/mol. The number of benzene rings is 2. The van der Waals surface area contributed by atoms with Crippen LogP contribution in [-0.4, -0.2) is 36.3 Å². The van der Waals surface area contributed by atoms with Gasteiger partial charge < -0.3 is 9.64 Å². The normalized spacial score (nSPS) is 17.2. The van der Waals surface area contributed by atoms with Crippen molar-refractivity contribution < 1.29 is 9.53 Å². The lowest BCUT2D eigenvalue weighted by Gasteiger charge is -2.39. The lowest BCUT2D eigenvalue weighted by atomic mass is 9.74. The fraction of sp³-hybridized carbons (Fsp3) is 0.292. The van der Waals surface area contributed by atoms with Crippen LogP contribution >= 0.6 is 11.6 Å². The zero-order valence-electron chi connectivity index (χ0n) is 17.3. The van der Waals surface area contributed by atoms with Crippen LogP contribution < -0.4 is 14.5 Å². The molecule has 0 saturated carbocycles. The van der Waals surface area contributed by atoms with Crippen molar-refractivity contribution in [1.82, 2.24) is 10.2 Å². The van der Waals surface area contributed by atoms with Crippen LogP contribution in [0.1, 0.15) is 24.0 Å². The van der Waals surface area contributed by atoms with Crippen LogP contribution in [0, 0.1) is 0 Å². The molecule has 1 aromatic heterocycles.